The maximum Gasteiger partial charge on any atom is 0.127 e. The fourth-order valence-electron chi connectivity index (χ4n) is 2.26. The molecule has 0 heterocycles. The Morgan fingerprint density at radius 3 is 2.70 bits per heavy atom. The van der Waals surface area contributed by atoms with Crippen LogP contribution in [0.3, 0.4) is 0 Å². The Kier molecular flexibility index (Phi) is 5.49. The quantitative estimate of drug-likeness (QED) is 0.645. The van der Waals surface area contributed by atoms with Crippen LogP contribution in [0.2, 0.25) is 5.02 Å². The molecule has 0 aromatic heterocycles. The molecule has 1 N–H and O–H groups in total. The number of benzene rings is 1. The minimum absolute atomic E-state index is 0.173. The molecule has 1 aliphatic carbocycles. The molecule has 1 aromatic carbocycles. The highest BCUT2D eigenvalue weighted by Gasteiger charge is 2.23. The summed E-state index contributed by atoms with van der Waals surface area (Å²) in [5.74, 6) is -0.173. The third-order valence-corrected chi connectivity index (χ3v) is 5.17. The highest BCUT2D eigenvalue weighted by Crippen LogP contribution is 2.31. The molecule has 2 rings (SSSR count). The van der Waals surface area contributed by atoms with E-state index in [1.54, 1.807) is 6.07 Å². The van der Waals surface area contributed by atoms with Gasteiger partial charge in [-0.15, -0.1) is 0 Å². The third kappa shape index (κ3) is 5.01. The van der Waals surface area contributed by atoms with Crippen molar-refractivity contribution in [2.45, 2.75) is 52.0 Å². The first-order valence-corrected chi connectivity index (χ1v) is 8.41. The van der Waals surface area contributed by atoms with Gasteiger partial charge in [-0.1, -0.05) is 25.4 Å². The molecular formula is C16H22BrClFN. The van der Waals surface area contributed by atoms with E-state index in [4.69, 9.17) is 11.6 Å². The van der Waals surface area contributed by atoms with Crippen LogP contribution in [0, 0.1) is 11.2 Å². The van der Waals surface area contributed by atoms with Crippen LogP contribution < -0.4 is 5.32 Å². The van der Waals surface area contributed by atoms with E-state index in [0.29, 0.717) is 15.1 Å². The van der Waals surface area contributed by atoms with Gasteiger partial charge in [0.1, 0.15) is 5.82 Å². The Labute approximate surface area is 134 Å². The molecule has 0 spiro atoms. The van der Waals surface area contributed by atoms with Gasteiger partial charge < -0.3 is 5.32 Å². The van der Waals surface area contributed by atoms with Gasteiger partial charge in [-0.05, 0) is 77.7 Å². The zero-order chi connectivity index (χ0) is 14.8. The fourth-order valence-corrected chi connectivity index (χ4v) is 2.76. The van der Waals surface area contributed by atoms with Crippen molar-refractivity contribution in [3.05, 3.63) is 33.0 Å². The molecule has 0 atom stereocenters. The van der Waals surface area contributed by atoms with Crippen molar-refractivity contribution < 1.29 is 4.39 Å². The SMILES string of the molecule is CC(C)(CCNC1CC1)CCc1cc(Cl)c(Br)cc1F. The van der Waals surface area contributed by atoms with Gasteiger partial charge in [0.2, 0.25) is 0 Å². The summed E-state index contributed by atoms with van der Waals surface area (Å²) in [5.41, 5.74) is 0.926. The van der Waals surface area contributed by atoms with Gasteiger partial charge in [-0.3, -0.25) is 0 Å². The van der Waals surface area contributed by atoms with Gasteiger partial charge >= 0.3 is 0 Å². The van der Waals surface area contributed by atoms with E-state index in [1.165, 1.54) is 18.9 Å². The smallest absolute Gasteiger partial charge is 0.127 e. The van der Waals surface area contributed by atoms with Crippen LogP contribution in [0.1, 0.15) is 45.1 Å². The van der Waals surface area contributed by atoms with Crippen LogP contribution in [0.5, 0.6) is 0 Å². The van der Waals surface area contributed by atoms with Crippen LogP contribution in [0.25, 0.3) is 0 Å². The maximum atomic E-state index is 13.9. The summed E-state index contributed by atoms with van der Waals surface area (Å²) < 4.78 is 14.5. The molecule has 1 fully saturated rings. The molecule has 1 aromatic rings. The van der Waals surface area contributed by atoms with Gasteiger partial charge in [0.15, 0.2) is 0 Å². The average molecular weight is 363 g/mol. The highest BCUT2D eigenvalue weighted by molar-refractivity contribution is 9.10. The number of hydrogen-bond acceptors (Lipinski definition) is 1. The van der Waals surface area contributed by atoms with Crippen LogP contribution in [-0.2, 0) is 6.42 Å². The minimum atomic E-state index is -0.173. The summed E-state index contributed by atoms with van der Waals surface area (Å²) in [5, 5.41) is 4.12. The summed E-state index contributed by atoms with van der Waals surface area (Å²) in [6.45, 7) is 5.56. The molecule has 0 bridgehead atoms. The van der Waals surface area contributed by atoms with E-state index in [-0.39, 0.29) is 11.2 Å². The van der Waals surface area contributed by atoms with Crippen molar-refractivity contribution in [3.63, 3.8) is 0 Å². The van der Waals surface area contributed by atoms with E-state index in [9.17, 15) is 4.39 Å². The molecule has 112 valence electrons. The van der Waals surface area contributed by atoms with Crippen LogP contribution >= 0.6 is 27.5 Å². The molecule has 1 saturated carbocycles. The number of hydrogen-bond donors (Lipinski definition) is 1. The molecule has 0 amide bonds. The summed E-state index contributed by atoms with van der Waals surface area (Å²) in [7, 11) is 0. The highest BCUT2D eigenvalue weighted by atomic mass is 79.9. The first-order chi connectivity index (χ1) is 9.37. The lowest BCUT2D eigenvalue weighted by Gasteiger charge is -2.25. The molecule has 1 aliphatic rings. The van der Waals surface area contributed by atoms with Crippen molar-refractivity contribution in [2.75, 3.05) is 6.54 Å². The van der Waals surface area contributed by atoms with E-state index in [0.717, 1.165) is 31.8 Å². The average Bonchev–Trinajstić information content (AvgIpc) is 3.16. The maximum absolute atomic E-state index is 13.9. The van der Waals surface area contributed by atoms with Gasteiger partial charge in [0.25, 0.3) is 0 Å². The zero-order valence-electron chi connectivity index (χ0n) is 12.1. The largest absolute Gasteiger partial charge is 0.314 e. The van der Waals surface area contributed by atoms with Crippen molar-refractivity contribution in [1.82, 2.24) is 5.32 Å². The molecule has 0 radical (unpaired) electrons. The molecule has 4 heteroatoms. The second kappa shape index (κ2) is 6.76. The van der Waals surface area contributed by atoms with Crippen LogP contribution in [0.15, 0.2) is 16.6 Å². The van der Waals surface area contributed by atoms with Crippen molar-refractivity contribution in [3.8, 4) is 0 Å². The summed E-state index contributed by atoms with van der Waals surface area (Å²) in [4.78, 5) is 0. The Morgan fingerprint density at radius 2 is 2.05 bits per heavy atom. The van der Waals surface area contributed by atoms with Crippen LogP contribution in [0.4, 0.5) is 4.39 Å². The first-order valence-electron chi connectivity index (χ1n) is 7.24. The van der Waals surface area contributed by atoms with E-state index >= 15 is 0 Å². The number of aryl methyl sites for hydroxylation is 1. The fraction of sp³-hybridized carbons (Fsp3) is 0.625. The summed E-state index contributed by atoms with van der Waals surface area (Å²) >= 11 is 9.28. The predicted octanol–water partition coefficient (Wildman–Crippen LogP) is 5.34. The predicted molar refractivity (Wildman–Crippen MR) is 86.9 cm³/mol. The first kappa shape index (κ1) is 16.3. The molecule has 1 nitrogen and oxygen atoms in total. The lowest BCUT2D eigenvalue weighted by atomic mass is 9.83. The normalized spacial score (nSPS) is 15.7. The topological polar surface area (TPSA) is 12.0 Å². The molecule has 20 heavy (non-hydrogen) atoms. The number of rotatable bonds is 7. The lowest BCUT2D eigenvalue weighted by molar-refractivity contribution is 0.300. The Balaban J connectivity index is 1.84. The second-order valence-electron chi connectivity index (χ2n) is 6.50. The lowest BCUT2D eigenvalue weighted by Crippen LogP contribution is -2.24. The standard InChI is InChI=1S/C16H22BrClFN/c1-16(2,7-8-20-12-3-4-12)6-5-11-9-14(18)13(17)10-15(11)19/h9-10,12,20H,3-8H2,1-2H3. The van der Waals surface area contributed by atoms with Gasteiger partial charge in [-0.25, -0.2) is 4.39 Å². The zero-order valence-corrected chi connectivity index (χ0v) is 14.5. The van der Waals surface area contributed by atoms with Crippen molar-refractivity contribution in [1.29, 1.82) is 0 Å². The van der Waals surface area contributed by atoms with Crippen molar-refractivity contribution >= 4 is 27.5 Å². The monoisotopic (exact) mass is 361 g/mol. The van der Waals surface area contributed by atoms with Gasteiger partial charge in [0.05, 0.1) is 5.02 Å². The van der Waals surface area contributed by atoms with Crippen LogP contribution in [-0.4, -0.2) is 12.6 Å². The summed E-state index contributed by atoms with van der Waals surface area (Å²) in [6, 6.07) is 3.95. The number of nitrogens with one attached hydrogen (secondary N) is 1. The van der Waals surface area contributed by atoms with E-state index in [1.807, 2.05) is 0 Å². The van der Waals surface area contributed by atoms with E-state index < -0.39 is 0 Å². The third-order valence-electron chi connectivity index (χ3n) is 3.97. The summed E-state index contributed by atoms with van der Waals surface area (Å²) in [6.07, 6.45) is 5.46. The van der Waals surface area contributed by atoms with E-state index in [2.05, 4.69) is 35.1 Å². The molecular weight excluding hydrogens is 341 g/mol. The Hall–Kier alpha value is -0.120. The van der Waals surface area contributed by atoms with Gasteiger partial charge in [-0.2, -0.15) is 0 Å². The molecule has 0 unspecified atom stereocenters. The van der Waals surface area contributed by atoms with Gasteiger partial charge in [0, 0.05) is 10.5 Å². The number of halogens is 3. The Morgan fingerprint density at radius 1 is 1.35 bits per heavy atom. The molecule has 0 saturated heterocycles. The second-order valence-corrected chi connectivity index (χ2v) is 7.76. The molecule has 0 aliphatic heterocycles. The Bertz CT molecular complexity index is 472. The van der Waals surface area contributed by atoms with Crippen molar-refractivity contribution in [2.24, 2.45) is 5.41 Å². The minimum Gasteiger partial charge on any atom is -0.314 e.